The Balaban J connectivity index is 4.11. The van der Waals surface area contributed by atoms with Gasteiger partial charge in [-0.25, -0.2) is 4.58 Å². The summed E-state index contributed by atoms with van der Waals surface area (Å²) in [6.07, 6.45) is 3.54. The molecule has 0 saturated heterocycles. The topological polar surface area (TPSA) is 3.01 Å². The van der Waals surface area contributed by atoms with E-state index < -0.39 is 0 Å². The molecule has 11 heavy (non-hydrogen) atoms. The summed E-state index contributed by atoms with van der Waals surface area (Å²) in [5, 5.41) is 0. The van der Waals surface area contributed by atoms with Gasteiger partial charge >= 0.3 is 0 Å². The highest BCUT2D eigenvalue weighted by Gasteiger charge is 2.20. The first-order valence-corrected chi connectivity index (χ1v) is 4.36. The van der Waals surface area contributed by atoms with E-state index in [1.807, 2.05) is 0 Å². The van der Waals surface area contributed by atoms with Crippen LogP contribution in [0.25, 0.3) is 0 Å². The Hall–Kier alpha value is -0.330. The normalized spacial score (nSPS) is 11.9. The molecule has 0 aliphatic rings. The van der Waals surface area contributed by atoms with Gasteiger partial charge in [-0.3, -0.25) is 0 Å². The molecule has 0 rings (SSSR count). The minimum Gasteiger partial charge on any atom is -0.244 e. The molecular formula is C10H22N+. The predicted octanol–water partition coefficient (Wildman–Crippen LogP) is 2.40. The lowest BCUT2D eigenvalue weighted by molar-refractivity contribution is -0.463. The van der Waals surface area contributed by atoms with Crippen LogP contribution in [-0.2, 0) is 0 Å². The molecule has 0 aromatic heterocycles. The fourth-order valence-corrected chi connectivity index (χ4v) is 1.80. The SMILES string of the molecule is CC(C)CC(C)(C)C=[N+](C)C. The Kier molecular flexibility index (Phi) is 3.77. The van der Waals surface area contributed by atoms with Crippen LogP contribution in [0, 0.1) is 11.3 Å². The lowest BCUT2D eigenvalue weighted by atomic mass is 9.85. The smallest absolute Gasteiger partial charge is 0.144 e. The van der Waals surface area contributed by atoms with E-state index in [1.54, 1.807) is 0 Å². The summed E-state index contributed by atoms with van der Waals surface area (Å²) >= 11 is 0. The number of hydrogen-bond acceptors (Lipinski definition) is 0. The van der Waals surface area contributed by atoms with Crippen molar-refractivity contribution in [2.45, 2.75) is 34.1 Å². The largest absolute Gasteiger partial charge is 0.244 e. The van der Waals surface area contributed by atoms with Crippen molar-refractivity contribution in [3.63, 3.8) is 0 Å². The van der Waals surface area contributed by atoms with Gasteiger partial charge in [0.15, 0.2) is 0 Å². The summed E-state index contributed by atoms with van der Waals surface area (Å²) in [6, 6.07) is 0. The maximum Gasteiger partial charge on any atom is 0.144 e. The van der Waals surface area contributed by atoms with E-state index >= 15 is 0 Å². The molecule has 0 fully saturated rings. The lowest BCUT2D eigenvalue weighted by Gasteiger charge is -2.19. The first-order valence-electron chi connectivity index (χ1n) is 4.36. The Morgan fingerprint density at radius 1 is 1.27 bits per heavy atom. The zero-order chi connectivity index (χ0) is 9.07. The van der Waals surface area contributed by atoms with E-state index in [0.29, 0.717) is 5.41 Å². The van der Waals surface area contributed by atoms with Gasteiger partial charge in [0.25, 0.3) is 0 Å². The third-order valence-corrected chi connectivity index (χ3v) is 1.54. The maximum atomic E-state index is 2.28. The average Bonchev–Trinajstić information content (AvgIpc) is 1.53. The van der Waals surface area contributed by atoms with Crippen molar-refractivity contribution >= 4 is 6.21 Å². The molecule has 0 atom stereocenters. The fraction of sp³-hybridized carbons (Fsp3) is 0.900. The summed E-state index contributed by atoms with van der Waals surface area (Å²) in [6.45, 7) is 9.11. The van der Waals surface area contributed by atoms with Crippen LogP contribution in [0.1, 0.15) is 34.1 Å². The van der Waals surface area contributed by atoms with Gasteiger partial charge < -0.3 is 0 Å². The van der Waals surface area contributed by atoms with E-state index in [4.69, 9.17) is 0 Å². The van der Waals surface area contributed by atoms with E-state index in [2.05, 4.69) is 52.6 Å². The van der Waals surface area contributed by atoms with E-state index in [0.717, 1.165) is 5.92 Å². The van der Waals surface area contributed by atoms with Crippen molar-refractivity contribution in [1.82, 2.24) is 0 Å². The molecular weight excluding hydrogens is 134 g/mol. The van der Waals surface area contributed by atoms with Crippen molar-refractivity contribution in [2.24, 2.45) is 11.3 Å². The Morgan fingerprint density at radius 3 is 2.00 bits per heavy atom. The standard InChI is InChI=1S/C10H22N/c1-9(2)7-10(3,4)8-11(5)6/h8-9H,7H2,1-6H3/q+1. The Labute approximate surface area is 71.1 Å². The molecule has 0 bridgehead atoms. The molecule has 1 heteroatoms. The summed E-state index contributed by atoms with van der Waals surface area (Å²) in [5.74, 6) is 0.779. The number of hydrogen-bond donors (Lipinski definition) is 0. The molecule has 0 aromatic rings. The number of rotatable bonds is 3. The van der Waals surface area contributed by atoms with E-state index in [1.165, 1.54) is 6.42 Å². The third-order valence-electron chi connectivity index (χ3n) is 1.54. The van der Waals surface area contributed by atoms with Gasteiger partial charge in [-0.15, -0.1) is 0 Å². The van der Waals surface area contributed by atoms with Crippen molar-refractivity contribution < 1.29 is 4.58 Å². The van der Waals surface area contributed by atoms with Crippen LogP contribution in [0.15, 0.2) is 0 Å². The van der Waals surface area contributed by atoms with Crippen LogP contribution < -0.4 is 0 Å². The predicted molar refractivity (Wildman–Crippen MR) is 51.4 cm³/mol. The summed E-state index contributed by atoms with van der Waals surface area (Å²) < 4.78 is 2.14. The van der Waals surface area contributed by atoms with Crippen molar-refractivity contribution in [3.8, 4) is 0 Å². The average molecular weight is 156 g/mol. The van der Waals surface area contributed by atoms with Crippen LogP contribution in [0.3, 0.4) is 0 Å². The van der Waals surface area contributed by atoms with E-state index in [-0.39, 0.29) is 0 Å². The molecule has 0 amide bonds. The number of nitrogens with zero attached hydrogens (tertiary/aromatic N) is 1. The van der Waals surface area contributed by atoms with Crippen molar-refractivity contribution in [3.05, 3.63) is 0 Å². The molecule has 0 radical (unpaired) electrons. The van der Waals surface area contributed by atoms with Gasteiger partial charge in [0, 0.05) is 5.41 Å². The van der Waals surface area contributed by atoms with Crippen molar-refractivity contribution in [2.75, 3.05) is 14.1 Å². The van der Waals surface area contributed by atoms with Crippen LogP contribution in [0.2, 0.25) is 0 Å². The molecule has 0 heterocycles. The summed E-state index contributed by atoms with van der Waals surface area (Å²) in [7, 11) is 4.17. The highest BCUT2D eigenvalue weighted by atomic mass is 14.9. The van der Waals surface area contributed by atoms with Gasteiger partial charge in [-0.1, -0.05) is 27.7 Å². The van der Waals surface area contributed by atoms with Gasteiger partial charge in [0.1, 0.15) is 20.3 Å². The minimum absolute atomic E-state index is 0.345. The first-order chi connectivity index (χ1) is 4.83. The van der Waals surface area contributed by atoms with Gasteiger partial charge in [0.05, 0.1) is 0 Å². The lowest BCUT2D eigenvalue weighted by Crippen LogP contribution is -2.21. The third kappa shape index (κ3) is 6.08. The monoisotopic (exact) mass is 156 g/mol. The molecule has 0 aliphatic carbocycles. The molecule has 66 valence electrons. The summed E-state index contributed by atoms with van der Waals surface area (Å²) in [4.78, 5) is 0. The van der Waals surface area contributed by atoms with Gasteiger partial charge in [0.2, 0.25) is 0 Å². The zero-order valence-corrected chi connectivity index (χ0v) is 8.81. The van der Waals surface area contributed by atoms with Crippen molar-refractivity contribution in [1.29, 1.82) is 0 Å². The molecule has 0 saturated carbocycles. The van der Waals surface area contributed by atoms with Crippen LogP contribution in [0.4, 0.5) is 0 Å². The van der Waals surface area contributed by atoms with Gasteiger partial charge in [-0.05, 0) is 12.3 Å². The van der Waals surface area contributed by atoms with Crippen LogP contribution in [0.5, 0.6) is 0 Å². The highest BCUT2D eigenvalue weighted by Crippen LogP contribution is 2.22. The molecule has 0 spiro atoms. The molecule has 0 unspecified atom stereocenters. The molecule has 0 aliphatic heterocycles. The first kappa shape index (κ1) is 10.7. The van der Waals surface area contributed by atoms with Crippen LogP contribution in [-0.4, -0.2) is 24.9 Å². The molecule has 0 N–H and O–H groups in total. The van der Waals surface area contributed by atoms with Gasteiger partial charge in [-0.2, -0.15) is 0 Å². The minimum atomic E-state index is 0.345. The fourth-order valence-electron chi connectivity index (χ4n) is 1.80. The summed E-state index contributed by atoms with van der Waals surface area (Å²) in [5.41, 5.74) is 0.345. The van der Waals surface area contributed by atoms with E-state index in [9.17, 15) is 0 Å². The Morgan fingerprint density at radius 2 is 1.73 bits per heavy atom. The maximum absolute atomic E-state index is 2.28. The highest BCUT2D eigenvalue weighted by molar-refractivity contribution is 5.59. The Bertz CT molecular complexity index is 139. The quantitative estimate of drug-likeness (QED) is 0.436. The molecule has 1 nitrogen and oxygen atoms in total. The molecule has 0 aromatic carbocycles. The second-order valence-electron chi connectivity index (χ2n) is 4.68. The second kappa shape index (κ2) is 3.89. The zero-order valence-electron chi connectivity index (χ0n) is 8.81. The second-order valence-corrected chi connectivity index (χ2v) is 4.68. The van der Waals surface area contributed by atoms with Crippen LogP contribution >= 0.6 is 0 Å².